The van der Waals surface area contributed by atoms with Gasteiger partial charge in [-0.3, -0.25) is 0 Å². The number of hydrogen-bond acceptors (Lipinski definition) is 1. The van der Waals surface area contributed by atoms with Crippen molar-refractivity contribution in [3.63, 3.8) is 0 Å². The second-order valence-electron chi connectivity index (χ2n) is 5.05. The van der Waals surface area contributed by atoms with Gasteiger partial charge in [0.2, 0.25) is 0 Å². The highest BCUT2D eigenvalue weighted by atomic mass is 14.9. The fourth-order valence-corrected chi connectivity index (χ4v) is 1.98. The maximum absolute atomic E-state index is 3.61. The first-order chi connectivity index (χ1) is 9.24. The molecule has 0 heterocycles. The second kappa shape index (κ2) is 6.42. The molecule has 1 fully saturated rings. The predicted octanol–water partition coefficient (Wildman–Crippen LogP) is 5.04. The highest BCUT2D eigenvalue weighted by Gasteiger charge is 2.12. The van der Waals surface area contributed by atoms with Gasteiger partial charge >= 0.3 is 0 Å². The number of rotatable bonds is 5. The molecule has 0 aromatic heterocycles. The average Bonchev–Trinajstić information content (AvgIpc) is 3.27. The van der Waals surface area contributed by atoms with Gasteiger partial charge in [-0.25, -0.2) is 0 Å². The molecule has 0 unspecified atom stereocenters. The summed E-state index contributed by atoms with van der Waals surface area (Å²) in [6.07, 6.45) is 8.01. The van der Waals surface area contributed by atoms with Gasteiger partial charge in [-0.1, -0.05) is 48.9 Å². The zero-order valence-corrected chi connectivity index (χ0v) is 12.2. The van der Waals surface area contributed by atoms with Crippen LogP contribution in [0.2, 0.25) is 0 Å². The van der Waals surface area contributed by atoms with Gasteiger partial charge in [0.15, 0.2) is 0 Å². The molecule has 1 aromatic carbocycles. The lowest BCUT2D eigenvalue weighted by Crippen LogP contribution is -2.12. The van der Waals surface area contributed by atoms with Gasteiger partial charge < -0.3 is 5.32 Å². The largest absolute Gasteiger partial charge is 0.355 e. The minimum Gasteiger partial charge on any atom is -0.355 e. The summed E-state index contributed by atoms with van der Waals surface area (Å²) in [6, 6.07) is 10.6. The normalized spacial score (nSPS) is 15.9. The van der Waals surface area contributed by atoms with Crippen molar-refractivity contribution in [2.75, 3.05) is 0 Å². The first kappa shape index (κ1) is 13.7. The maximum Gasteiger partial charge on any atom is 0.0446 e. The molecular weight excluding hydrogens is 230 g/mol. The van der Waals surface area contributed by atoms with E-state index in [0.29, 0.717) is 0 Å². The maximum atomic E-state index is 3.61. The molecular formula is C18H23N. The van der Waals surface area contributed by atoms with E-state index in [2.05, 4.69) is 68.6 Å². The first-order valence-electron chi connectivity index (χ1n) is 7.12. The van der Waals surface area contributed by atoms with Gasteiger partial charge in [-0.05, 0) is 50.3 Å². The lowest BCUT2D eigenvalue weighted by Gasteiger charge is -2.15. The molecule has 0 bridgehead atoms. The van der Waals surface area contributed by atoms with Crippen LogP contribution in [-0.4, -0.2) is 0 Å². The van der Waals surface area contributed by atoms with E-state index in [9.17, 15) is 0 Å². The van der Waals surface area contributed by atoms with Crippen LogP contribution in [0.4, 0.5) is 0 Å². The number of hydrogen-bond donors (Lipinski definition) is 1. The van der Waals surface area contributed by atoms with Gasteiger partial charge in [0.1, 0.15) is 0 Å². The quantitative estimate of drug-likeness (QED) is 0.775. The van der Waals surface area contributed by atoms with E-state index in [4.69, 9.17) is 0 Å². The molecule has 1 N–H and O–H groups in total. The third kappa shape index (κ3) is 3.85. The number of benzene rings is 1. The van der Waals surface area contributed by atoms with Gasteiger partial charge in [0, 0.05) is 11.4 Å². The fraction of sp³-hybridized carbons (Fsp3) is 0.333. The summed E-state index contributed by atoms with van der Waals surface area (Å²) in [5.74, 6) is 0. The van der Waals surface area contributed by atoms with Crippen molar-refractivity contribution in [1.29, 1.82) is 0 Å². The van der Waals surface area contributed by atoms with Crippen molar-refractivity contribution in [2.45, 2.75) is 40.0 Å². The van der Waals surface area contributed by atoms with Crippen molar-refractivity contribution in [3.8, 4) is 0 Å². The topological polar surface area (TPSA) is 12.0 Å². The van der Waals surface area contributed by atoms with Gasteiger partial charge in [-0.15, -0.1) is 0 Å². The van der Waals surface area contributed by atoms with E-state index in [1.807, 2.05) is 0 Å². The predicted molar refractivity (Wildman–Crippen MR) is 83.5 cm³/mol. The van der Waals surface area contributed by atoms with E-state index in [0.717, 1.165) is 6.42 Å². The molecule has 1 aliphatic rings. The van der Waals surface area contributed by atoms with Crippen LogP contribution in [0, 0.1) is 0 Å². The van der Waals surface area contributed by atoms with E-state index in [1.54, 1.807) is 5.57 Å². The summed E-state index contributed by atoms with van der Waals surface area (Å²) >= 11 is 0. The summed E-state index contributed by atoms with van der Waals surface area (Å²) in [6.45, 7) is 6.49. The van der Waals surface area contributed by atoms with Gasteiger partial charge in [0.25, 0.3) is 0 Å². The smallest absolute Gasteiger partial charge is 0.0446 e. The third-order valence-electron chi connectivity index (χ3n) is 3.50. The summed E-state index contributed by atoms with van der Waals surface area (Å²) in [4.78, 5) is 0. The fourth-order valence-electron chi connectivity index (χ4n) is 1.98. The molecule has 2 rings (SSSR count). The van der Waals surface area contributed by atoms with Gasteiger partial charge in [0.05, 0.1) is 0 Å². The molecule has 0 amide bonds. The molecule has 1 saturated carbocycles. The standard InChI is InChI=1S/C18H23N/c1-4-14(3)18(16-9-7-6-8-10-16)19-17(5-2)13-15-11-12-15/h5-10,13,19H,4,11-12H2,1-3H3/b17-5-,18-14?. The first-order valence-corrected chi connectivity index (χ1v) is 7.12. The highest BCUT2D eigenvalue weighted by molar-refractivity contribution is 5.68. The molecule has 0 spiro atoms. The van der Waals surface area contributed by atoms with Crippen LogP contribution in [0.25, 0.3) is 5.70 Å². The Hall–Kier alpha value is -1.76. The Labute approximate surface area is 116 Å². The summed E-state index contributed by atoms with van der Waals surface area (Å²) in [5.41, 5.74) is 6.64. The molecule has 0 radical (unpaired) electrons. The van der Waals surface area contributed by atoms with Crippen LogP contribution in [-0.2, 0) is 0 Å². The second-order valence-corrected chi connectivity index (χ2v) is 5.05. The molecule has 1 heteroatoms. The molecule has 0 atom stereocenters. The Morgan fingerprint density at radius 1 is 1.21 bits per heavy atom. The highest BCUT2D eigenvalue weighted by Crippen LogP contribution is 2.29. The Morgan fingerprint density at radius 3 is 2.42 bits per heavy atom. The lowest BCUT2D eigenvalue weighted by atomic mass is 10.1. The zero-order chi connectivity index (χ0) is 13.7. The molecule has 1 nitrogen and oxygen atoms in total. The third-order valence-corrected chi connectivity index (χ3v) is 3.50. The Balaban J connectivity index is 2.27. The van der Waals surface area contributed by atoms with Crippen molar-refractivity contribution in [1.82, 2.24) is 5.32 Å². The van der Waals surface area contributed by atoms with Crippen molar-refractivity contribution >= 4 is 5.70 Å². The monoisotopic (exact) mass is 253 g/mol. The van der Waals surface area contributed by atoms with Crippen molar-refractivity contribution in [3.05, 3.63) is 64.9 Å². The number of allylic oxidation sites excluding steroid dienone is 4. The SMILES string of the molecule is C/C=C(/C=C1CC1)NC(=C(C)CC)c1ccccc1. The van der Waals surface area contributed by atoms with E-state index >= 15 is 0 Å². The molecule has 100 valence electrons. The van der Waals surface area contributed by atoms with Crippen LogP contribution in [0.5, 0.6) is 0 Å². The van der Waals surface area contributed by atoms with Crippen LogP contribution in [0.15, 0.2) is 59.3 Å². The minimum atomic E-state index is 1.06. The van der Waals surface area contributed by atoms with Crippen LogP contribution < -0.4 is 5.32 Å². The van der Waals surface area contributed by atoms with Crippen molar-refractivity contribution in [2.24, 2.45) is 0 Å². The Kier molecular flexibility index (Phi) is 4.62. The summed E-state index contributed by atoms with van der Waals surface area (Å²) in [7, 11) is 0. The van der Waals surface area contributed by atoms with Gasteiger partial charge in [-0.2, -0.15) is 0 Å². The molecule has 0 aliphatic heterocycles. The number of nitrogens with one attached hydrogen (secondary N) is 1. The molecule has 19 heavy (non-hydrogen) atoms. The van der Waals surface area contributed by atoms with Crippen LogP contribution in [0.3, 0.4) is 0 Å². The van der Waals surface area contributed by atoms with E-state index in [1.165, 1.54) is 35.4 Å². The van der Waals surface area contributed by atoms with Crippen molar-refractivity contribution < 1.29 is 0 Å². The molecule has 0 saturated heterocycles. The lowest BCUT2D eigenvalue weighted by molar-refractivity contribution is 1.03. The summed E-state index contributed by atoms with van der Waals surface area (Å²) < 4.78 is 0. The summed E-state index contributed by atoms with van der Waals surface area (Å²) in [5, 5.41) is 3.61. The Morgan fingerprint density at radius 2 is 1.89 bits per heavy atom. The zero-order valence-electron chi connectivity index (χ0n) is 12.2. The molecule has 1 aliphatic carbocycles. The van der Waals surface area contributed by atoms with Crippen LogP contribution >= 0.6 is 0 Å². The van der Waals surface area contributed by atoms with E-state index < -0.39 is 0 Å². The Bertz CT molecular complexity index is 512. The molecule has 1 aromatic rings. The minimum absolute atomic E-state index is 1.06. The average molecular weight is 253 g/mol. The van der Waals surface area contributed by atoms with Crippen LogP contribution in [0.1, 0.15) is 45.6 Å². The van der Waals surface area contributed by atoms with E-state index in [-0.39, 0.29) is 0 Å².